The lowest BCUT2D eigenvalue weighted by Crippen LogP contribution is -2.54. The third-order valence-electron chi connectivity index (χ3n) is 7.77. The fourth-order valence-corrected chi connectivity index (χ4v) is 7.26. The first kappa shape index (κ1) is 29.7. The molecule has 0 radical (unpaired) electrons. The van der Waals surface area contributed by atoms with Gasteiger partial charge >= 0.3 is 5.69 Å². The van der Waals surface area contributed by atoms with Crippen molar-refractivity contribution in [3.05, 3.63) is 76.7 Å². The second-order valence-corrected chi connectivity index (χ2v) is 13.1. The molecular weight excluding hydrogens is 615 g/mol. The third-order valence-corrected chi connectivity index (χ3v) is 10.2. The molecular formula is C29H26ClFN6O6S. The number of carbonyl (C=O) groups is 1. The molecule has 0 saturated carbocycles. The van der Waals surface area contributed by atoms with E-state index in [0.29, 0.717) is 19.6 Å². The van der Waals surface area contributed by atoms with Crippen molar-refractivity contribution in [2.24, 2.45) is 0 Å². The molecule has 2 fully saturated rings. The van der Waals surface area contributed by atoms with Gasteiger partial charge in [-0.25, -0.2) is 27.2 Å². The van der Waals surface area contributed by atoms with E-state index in [4.69, 9.17) is 16.3 Å². The van der Waals surface area contributed by atoms with E-state index >= 15 is 4.39 Å². The predicted molar refractivity (Wildman–Crippen MR) is 160 cm³/mol. The number of piperazine rings is 1. The molecule has 228 valence electrons. The molecule has 0 aliphatic carbocycles. The molecule has 0 bridgehead atoms. The van der Waals surface area contributed by atoms with E-state index in [9.17, 15) is 23.1 Å². The van der Waals surface area contributed by atoms with Crippen molar-refractivity contribution in [2.45, 2.75) is 23.1 Å². The lowest BCUT2D eigenvalue weighted by atomic mass is 10.1. The molecule has 0 spiro atoms. The van der Waals surface area contributed by atoms with Gasteiger partial charge < -0.3 is 19.6 Å². The summed E-state index contributed by atoms with van der Waals surface area (Å²) in [6.07, 6.45) is 3.74. The monoisotopic (exact) mass is 640 g/mol. The van der Waals surface area contributed by atoms with Crippen LogP contribution in [0.2, 0.25) is 5.02 Å². The number of ether oxygens (including phenoxy) is 1. The van der Waals surface area contributed by atoms with Crippen LogP contribution in [0, 0.1) is 5.82 Å². The minimum atomic E-state index is -3.97. The number of aromatic nitrogens is 4. The summed E-state index contributed by atoms with van der Waals surface area (Å²) in [6.45, 7) is 6.33. The molecule has 2 saturated heterocycles. The summed E-state index contributed by atoms with van der Waals surface area (Å²) in [6, 6.07) is 6.13. The van der Waals surface area contributed by atoms with Gasteiger partial charge in [-0.05, 0) is 37.3 Å². The molecule has 12 nitrogen and oxygen atoms in total. The molecule has 2 aliphatic heterocycles. The van der Waals surface area contributed by atoms with Crippen LogP contribution < -0.4 is 10.6 Å². The number of carbonyl (C=O) groups excluding carboxylic acids is 1. The summed E-state index contributed by atoms with van der Waals surface area (Å²) in [5, 5.41) is 9.93. The summed E-state index contributed by atoms with van der Waals surface area (Å²) in [5.41, 5.74) is -1.55. The number of pyridine rings is 2. The molecule has 3 aromatic heterocycles. The fraction of sp³-hybridized carbons (Fsp3) is 0.276. The first-order chi connectivity index (χ1) is 21.0. The lowest BCUT2D eigenvalue weighted by Gasteiger charge is -2.40. The summed E-state index contributed by atoms with van der Waals surface area (Å²) in [4.78, 5) is 42.5. The fourth-order valence-electron chi connectivity index (χ4n) is 5.42. The Kier molecular flexibility index (Phi) is 7.59. The van der Waals surface area contributed by atoms with Gasteiger partial charge in [-0.1, -0.05) is 24.2 Å². The maximum absolute atomic E-state index is 15.0. The minimum Gasteiger partial charge on any atom is -0.507 e. The first-order valence-electron chi connectivity index (χ1n) is 13.6. The van der Waals surface area contributed by atoms with Crippen molar-refractivity contribution in [1.82, 2.24) is 24.4 Å². The van der Waals surface area contributed by atoms with Crippen molar-refractivity contribution < 1.29 is 27.4 Å². The van der Waals surface area contributed by atoms with Gasteiger partial charge in [0.25, 0.3) is 0 Å². The van der Waals surface area contributed by atoms with Crippen LogP contribution in [0.25, 0.3) is 28.0 Å². The SMILES string of the molecule is C=CC(=O)N1CCN(c2nc(=O)n(-c3cnccc3S(=O)(=O)C3COC3)c3nc(-c4c(O)cccc4F)c(Cl)cc23)[C@@H](C)C1. The van der Waals surface area contributed by atoms with Crippen molar-refractivity contribution in [3.8, 4) is 22.7 Å². The van der Waals surface area contributed by atoms with Gasteiger partial charge in [-0.3, -0.25) is 9.78 Å². The van der Waals surface area contributed by atoms with Crippen LogP contribution in [-0.4, -0.2) is 88.0 Å². The number of sulfone groups is 1. The highest BCUT2D eigenvalue weighted by Crippen LogP contribution is 2.39. The second kappa shape index (κ2) is 11.3. The Morgan fingerprint density at radius 3 is 2.66 bits per heavy atom. The number of phenolic OH excluding ortho intramolecular Hbond substituents is 1. The van der Waals surface area contributed by atoms with E-state index < -0.39 is 32.3 Å². The number of amides is 1. The standard InChI is InChI=1S/C29H26ClFN6O6S/c1-3-24(39)35-9-10-36(16(2)13-35)27-18-11-19(30)26(25-20(31)5-4-6-22(25)38)33-28(18)37(29(40)34-27)21-12-32-8-7-23(21)44(41,42)17-14-43-15-17/h3-8,11-12,16-17,38H,1,9-10,13-15H2,2H3/t16-/m0/s1. The highest BCUT2D eigenvalue weighted by Gasteiger charge is 2.37. The Morgan fingerprint density at radius 2 is 2.00 bits per heavy atom. The van der Waals surface area contributed by atoms with E-state index in [1.165, 1.54) is 42.7 Å². The largest absolute Gasteiger partial charge is 0.507 e. The first-order valence-corrected chi connectivity index (χ1v) is 15.5. The van der Waals surface area contributed by atoms with Crippen molar-refractivity contribution in [2.75, 3.05) is 37.7 Å². The normalized spacial score (nSPS) is 17.5. The average molecular weight is 641 g/mol. The van der Waals surface area contributed by atoms with E-state index in [0.717, 1.165) is 10.6 Å². The zero-order valence-corrected chi connectivity index (χ0v) is 24.9. The number of hydrogen-bond acceptors (Lipinski definition) is 10. The molecule has 44 heavy (non-hydrogen) atoms. The predicted octanol–water partition coefficient (Wildman–Crippen LogP) is 2.74. The number of halogens is 2. The summed E-state index contributed by atoms with van der Waals surface area (Å²) in [5.74, 6) is -1.29. The van der Waals surface area contributed by atoms with Crippen LogP contribution in [0.4, 0.5) is 10.2 Å². The van der Waals surface area contributed by atoms with E-state index in [-0.39, 0.29) is 68.9 Å². The molecule has 15 heteroatoms. The maximum atomic E-state index is 15.0. The lowest BCUT2D eigenvalue weighted by molar-refractivity contribution is -0.126. The second-order valence-electron chi connectivity index (χ2n) is 10.5. The van der Waals surface area contributed by atoms with E-state index in [1.54, 1.807) is 4.90 Å². The summed E-state index contributed by atoms with van der Waals surface area (Å²) < 4.78 is 48.2. The summed E-state index contributed by atoms with van der Waals surface area (Å²) >= 11 is 6.66. The smallest absolute Gasteiger partial charge is 0.355 e. The third kappa shape index (κ3) is 4.88. The van der Waals surface area contributed by atoms with Gasteiger partial charge in [-0.15, -0.1) is 0 Å². The molecule has 2 aliphatic rings. The van der Waals surface area contributed by atoms with E-state index in [1.807, 2.05) is 11.8 Å². The van der Waals surface area contributed by atoms with E-state index in [2.05, 4.69) is 21.5 Å². The van der Waals surface area contributed by atoms with Crippen molar-refractivity contribution in [1.29, 1.82) is 0 Å². The zero-order chi connectivity index (χ0) is 31.3. The van der Waals surface area contributed by atoms with Gasteiger partial charge in [0.1, 0.15) is 22.6 Å². The van der Waals surface area contributed by atoms with Gasteiger partial charge in [0.05, 0.1) is 51.7 Å². The molecule has 4 aromatic rings. The molecule has 6 rings (SSSR count). The molecule has 1 N–H and O–H groups in total. The molecule has 1 amide bonds. The highest BCUT2D eigenvalue weighted by molar-refractivity contribution is 7.92. The topological polar surface area (TPSA) is 148 Å². The van der Waals surface area contributed by atoms with Gasteiger partial charge in [0.15, 0.2) is 15.5 Å². The van der Waals surface area contributed by atoms with Crippen LogP contribution in [0.5, 0.6) is 5.75 Å². The number of phenols is 1. The van der Waals surface area contributed by atoms with Gasteiger partial charge in [0, 0.05) is 31.9 Å². The molecule has 5 heterocycles. The number of anilines is 1. The Labute approximate surface area is 255 Å². The average Bonchev–Trinajstić information content (AvgIpc) is 2.96. The quantitative estimate of drug-likeness (QED) is 0.312. The molecule has 1 atom stereocenters. The number of fused-ring (bicyclic) bond motifs is 1. The van der Waals surface area contributed by atoms with Crippen LogP contribution >= 0.6 is 11.6 Å². The Hall–Kier alpha value is -4.40. The highest BCUT2D eigenvalue weighted by atomic mass is 35.5. The Balaban J connectivity index is 1.63. The van der Waals surface area contributed by atoms with Crippen LogP contribution in [0.1, 0.15) is 6.92 Å². The Bertz CT molecular complexity index is 1980. The number of hydrogen-bond donors (Lipinski definition) is 1. The number of nitrogens with zero attached hydrogens (tertiary/aromatic N) is 6. The molecule has 0 unspecified atom stereocenters. The number of rotatable bonds is 6. The molecule has 1 aromatic carbocycles. The minimum absolute atomic E-state index is 0.000277. The van der Waals surface area contributed by atoms with Crippen LogP contribution in [-0.2, 0) is 19.4 Å². The van der Waals surface area contributed by atoms with Gasteiger partial charge in [0.2, 0.25) is 5.91 Å². The zero-order valence-electron chi connectivity index (χ0n) is 23.4. The van der Waals surface area contributed by atoms with Crippen molar-refractivity contribution in [3.63, 3.8) is 0 Å². The maximum Gasteiger partial charge on any atom is 0.355 e. The number of benzene rings is 1. The Morgan fingerprint density at radius 1 is 1.23 bits per heavy atom. The van der Waals surface area contributed by atoms with Crippen LogP contribution in [0.3, 0.4) is 0 Å². The van der Waals surface area contributed by atoms with Crippen LogP contribution in [0.15, 0.2) is 65.1 Å². The summed E-state index contributed by atoms with van der Waals surface area (Å²) in [7, 11) is -3.97. The van der Waals surface area contributed by atoms with Gasteiger partial charge in [-0.2, -0.15) is 4.98 Å². The van der Waals surface area contributed by atoms with Crippen molar-refractivity contribution >= 4 is 44.2 Å². The number of aromatic hydroxyl groups is 1.